The molecule has 3 fully saturated rings. The molecule has 0 aromatic carbocycles. The van der Waals surface area contributed by atoms with Crippen molar-refractivity contribution in [2.75, 3.05) is 0 Å². The second-order valence-corrected chi connectivity index (χ2v) is 11.3. The quantitative estimate of drug-likeness (QED) is 0.595. The lowest BCUT2D eigenvalue weighted by molar-refractivity contribution is -0.117. The van der Waals surface area contributed by atoms with Gasteiger partial charge in [0.15, 0.2) is 5.78 Å². The highest BCUT2D eigenvalue weighted by atomic mass is 16.3. The molecule has 1 N–H and O–H groups in total. The fourth-order valence-electron chi connectivity index (χ4n) is 8.27. The van der Waals surface area contributed by atoms with E-state index in [-0.39, 0.29) is 11.5 Å². The Morgan fingerprint density at radius 2 is 1.93 bits per heavy atom. The Bertz CT molecular complexity index is 691. The number of aliphatic hydroxyl groups excluding tert-OH is 1. The third-order valence-corrected chi connectivity index (χ3v) is 9.83. The zero-order chi connectivity index (χ0) is 20.3. The van der Waals surface area contributed by atoms with Crippen LogP contribution in [-0.4, -0.2) is 17.0 Å². The van der Waals surface area contributed by atoms with E-state index in [0.717, 1.165) is 49.0 Å². The highest BCUT2D eigenvalue weighted by Gasteiger charge is 2.59. The molecule has 156 valence electrons. The van der Waals surface area contributed by atoms with Gasteiger partial charge in [-0.25, -0.2) is 0 Å². The smallest absolute Gasteiger partial charge is 0.155 e. The molecule has 8 atom stereocenters. The van der Waals surface area contributed by atoms with Crippen LogP contribution in [0.4, 0.5) is 0 Å². The van der Waals surface area contributed by atoms with Gasteiger partial charge in [0.05, 0.1) is 6.10 Å². The number of carbonyl (C=O) groups is 1. The molecule has 0 aliphatic heterocycles. The Balaban J connectivity index is 1.56. The van der Waals surface area contributed by atoms with Crippen molar-refractivity contribution in [2.24, 2.45) is 40.4 Å². The first-order valence-electron chi connectivity index (χ1n) is 11.7. The fourth-order valence-corrected chi connectivity index (χ4v) is 8.27. The summed E-state index contributed by atoms with van der Waals surface area (Å²) >= 11 is 0. The summed E-state index contributed by atoms with van der Waals surface area (Å²) in [5.41, 5.74) is 3.20. The number of carbonyl (C=O) groups excluding carboxylic acids is 1. The second-order valence-electron chi connectivity index (χ2n) is 11.3. The zero-order valence-corrected chi connectivity index (χ0v) is 18.5. The van der Waals surface area contributed by atoms with Crippen molar-refractivity contribution in [3.8, 4) is 0 Å². The van der Waals surface area contributed by atoms with Gasteiger partial charge in [-0.05, 0) is 105 Å². The summed E-state index contributed by atoms with van der Waals surface area (Å²) in [7, 11) is 0. The molecule has 0 spiro atoms. The van der Waals surface area contributed by atoms with Gasteiger partial charge in [-0.2, -0.15) is 0 Å². The number of fused-ring (bicyclic) bond motifs is 5. The van der Waals surface area contributed by atoms with Crippen LogP contribution in [-0.2, 0) is 4.79 Å². The van der Waals surface area contributed by atoms with Gasteiger partial charge in [0.2, 0.25) is 0 Å². The highest BCUT2D eigenvalue weighted by Crippen LogP contribution is 2.67. The number of allylic oxidation sites excluding steroid dienone is 1. The molecular weight excluding hydrogens is 344 g/mol. The number of hydrogen-bond acceptors (Lipinski definition) is 2. The highest BCUT2D eigenvalue weighted by molar-refractivity contribution is 5.91. The van der Waals surface area contributed by atoms with Gasteiger partial charge >= 0.3 is 0 Å². The number of aliphatic hydroxyl groups is 1. The van der Waals surface area contributed by atoms with Crippen molar-refractivity contribution in [1.29, 1.82) is 0 Å². The maximum atomic E-state index is 12.0. The molecule has 2 nitrogen and oxygen atoms in total. The van der Waals surface area contributed by atoms with Gasteiger partial charge in [-0.3, -0.25) is 4.79 Å². The Morgan fingerprint density at radius 3 is 2.64 bits per heavy atom. The predicted molar refractivity (Wildman–Crippen MR) is 115 cm³/mol. The van der Waals surface area contributed by atoms with E-state index >= 15 is 0 Å². The van der Waals surface area contributed by atoms with E-state index in [1.165, 1.54) is 37.7 Å². The van der Waals surface area contributed by atoms with E-state index in [4.69, 9.17) is 0 Å². The summed E-state index contributed by atoms with van der Waals surface area (Å²) in [6, 6.07) is 0. The van der Waals surface area contributed by atoms with E-state index in [0.29, 0.717) is 23.0 Å². The SMILES string of the molecule is C=C(C)C[C@H](O)[C@@H](C)[C@H]1CC[C@H]2[C@@H]3CCC4=CC(=O)CC[C@]4(C)[C@H]3CC[C@]12C. The van der Waals surface area contributed by atoms with Crippen LogP contribution in [0.1, 0.15) is 85.5 Å². The molecule has 0 aromatic heterocycles. The Kier molecular flexibility index (Phi) is 5.18. The Morgan fingerprint density at radius 1 is 1.18 bits per heavy atom. The van der Waals surface area contributed by atoms with Crippen molar-refractivity contribution < 1.29 is 9.90 Å². The standard InChI is InChI=1S/C26H40O2/c1-16(2)14-24(28)17(3)21-8-9-22-20-7-6-18-15-19(27)10-12-25(18,4)23(20)11-13-26(21,22)5/h15,17,20-24,28H,1,6-14H2,2-5H3/t17-,20-,21+,22-,23-,24-,25-,26+/m0/s1. The number of ketones is 1. The summed E-state index contributed by atoms with van der Waals surface area (Å²) in [4.78, 5) is 12.0. The molecule has 0 amide bonds. The van der Waals surface area contributed by atoms with Crippen LogP contribution in [0.3, 0.4) is 0 Å². The van der Waals surface area contributed by atoms with Crippen molar-refractivity contribution in [3.05, 3.63) is 23.8 Å². The molecule has 4 rings (SSSR count). The van der Waals surface area contributed by atoms with Gasteiger partial charge in [0, 0.05) is 6.42 Å². The Hall–Kier alpha value is -0.890. The van der Waals surface area contributed by atoms with Crippen LogP contribution in [0.2, 0.25) is 0 Å². The van der Waals surface area contributed by atoms with Crippen molar-refractivity contribution in [1.82, 2.24) is 0 Å². The lowest BCUT2D eigenvalue weighted by atomic mass is 9.46. The second kappa shape index (κ2) is 7.11. The summed E-state index contributed by atoms with van der Waals surface area (Å²) in [6.07, 6.45) is 11.9. The van der Waals surface area contributed by atoms with Gasteiger partial charge in [-0.15, -0.1) is 6.58 Å². The summed E-state index contributed by atoms with van der Waals surface area (Å²) in [5.74, 6) is 3.70. The maximum absolute atomic E-state index is 12.0. The average molecular weight is 385 g/mol. The first-order valence-corrected chi connectivity index (χ1v) is 11.7. The van der Waals surface area contributed by atoms with Crippen molar-refractivity contribution >= 4 is 5.78 Å². The molecule has 0 aromatic rings. The van der Waals surface area contributed by atoms with E-state index in [1.54, 1.807) is 0 Å². The molecule has 0 saturated heterocycles. The molecule has 28 heavy (non-hydrogen) atoms. The zero-order valence-electron chi connectivity index (χ0n) is 18.5. The predicted octanol–water partition coefficient (Wildman–Crippen LogP) is 6.10. The van der Waals surface area contributed by atoms with Crippen molar-refractivity contribution in [3.63, 3.8) is 0 Å². The largest absolute Gasteiger partial charge is 0.393 e. The van der Waals surface area contributed by atoms with Crippen LogP contribution in [0.15, 0.2) is 23.8 Å². The van der Waals surface area contributed by atoms with E-state index < -0.39 is 0 Å². The minimum atomic E-state index is -0.251. The van der Waals surface area contributed by atoms with E-state index in [1.807, 2.05) is 13.0 Å². The van der Waals surface area contributed by atoms with Crippen LogP contribution < -0.4 is 0 Å². The van der Waals surface area contributed by atoms with Crippen LogP contribution >= 0.6 is 0 Å². The fraction of sp³-hybridized carbons (Fsp3) is 0.808. The normalized spacial score (nSPS) is 44.8. The topological polar surface area (TPSA) is 37.3 Å². The molecule has 3 saturated carbocycles. The number of rotatable bonds is 4. The third-order valence-electron chi connectivity index (χ3n) is 9.83. The first-order chi connectivity index (χ1) is 13.2. The molecule has 0 heterocycles. The number of hydrogen-bond donors (Lipinski definition) is 1. The summed E-state index contributed by atoms with van der Waals surface area (Å²) in [5, 5.41) is 10.8. The molecular formula is C26H40O2. The Labute approximate surface area is 171 Å². The lowest BCUT2D eigenvalue weighted by Gasteiger charge is -2.58. The van der Waals surface area contributed by atoms with Gasteiger partial charge in [0.1, 0.15) is 0 Å². The molecule has 2 heteroatoms. The molecule has 0 radical (unpaired) electrons. The summed E-state index contributed by atoms with van der Waals surface area (Å²) < 4.78 is 0. The van der Waals surface area contributed by atoms with E-state index in [2.05, 4.69) is 27.4 Å². The van der Waals surface area contributed by atoms with Gasteiger partial charge in [-0.1, -0.05) is 31.9 Å². The lowest BCUT2D eigenvalue weighted by Crippen LogP contribution is -2.51. The summed E-state index contributed by atoms with van der Waals surface area (Å²) in [6.45, 7) is 13.4. The van der Waals surface area contributed by atoms with E-state index in [9.17, 15) is 9.90 Å². The molecule has 4 aliphatic carbocycles. The van der Waals surface area contributed by atoms with Crippen LogP contribution in [0.5, 0.6) is 0 Å². The van der Waals surface area contributed by atoms with Crippen LogP contribution in [0.25, 0.3) is 0 Å². The van der Waals surface area contributed by atoms with Gasteiger partial charge in [0.25, 0.3) is 0 Å². The molecule has 4 aliphatic rings. The minimum Gasteiger partial charge on any atom is -0.393 e. The molecule has 0 bridgehead atoms. The monoisotopic (exact) mass is 384 g/mol. The van der Waals surface area contributed by atoms with Crippen LogP contribution in [0, 0.1) is 40.4 Å². The maximum Gasteiger partial charge on any atom is 0.155 e. The minimum absolute atomic E-state index is 0.251. The van der Waals surface area contributed by atoms with Crippen molar-refractivity contribution in [2.45, 2.75) is 91.6 Å². The average Bonchev–Trinajstić information content (AvgIpc) is 2.98. The van der Waals surface area contributed by atoms with Gasteiger partial charge < -0.3 is 5.11 Å². The first kappa shape index (κ1) is 20.4. The third kappa shape index (κ3) is 3.06. The molecule has 0 unspecified atom stereocenters.